The standard InChI is InChI=1S/C9H9NO4/c1-13-8-4-2-7(3-5-8)9(12)14-10-6-11/h2-6H,1H3,(H,10,11). The lowest BCUT2D eigenvalue weighted by Gasteiger charge is -2.02. The maximum atomic E-state index is 11.1. The first-order chi connectivity index (χ1) is 6.77. The fourth-order valence-corrected chi connectivity index (χ4v) is 0.864. The number of hydroxylamine groups is 1. The zero-order valence-corrected chi connectivity index (χ0v) is 7.52. The molecule has 0 spiro atoms. The van der Waals surface area contributed by atoms with Crippen molar-refractivity contribution in [3.8, 4) is 5.75 Å². The first-order valence-electron chi connectivity index (χ1n) is 3.82. The number of amides is 1. The molecule has 0 bridgehead atoms. The van der Waals surface area contributed by atoms with Gasteiger partial charge in [0.05, 0.1) is 12.7 Å². The Morgan fingerprint density at radius 1 is 1.36 bits per heavy atom. The summed E-state index contributed by atoms with van der Waals surface area (Å²) in [7, 11) is 1.53. The number of methoxy groups -OCH3 is 1. The lowest BCUT2D eigenvalue weighted by Crippen LogP contribution is -2.17. The Kier molecular flexibility index (Phi) is 3.49. The minimum Gasteiger partial charge on any atom is -0.497 e. The van der Waals surface area contributed by atoms with E-state index >= 15 is 0 Å². The molecule has 0 aromatic heterocycles. The Hall–Kier alpha value is -2.04. The number of benzene rings is 1. The van der Waals surface area contributed by atoms with Crippen LogP contribution in [-0.4, -0.2) is 19.5 Å². The molecule has 1 aromatic rings. The van der Waals surface area contributed by atoms with Crippen molar-refractivity contribution in [2.75, 3.05) is 7.11 Å². The first-order valence-corrected chi connectivity index (χ1v) is 3.82. The van der Waals surface area contributed by atoms with E-state index in [-0.39, 0.29) is 6.41 Å². The average molecular weight is 195 g/mol. The highest BCUT2D eigenvalue weighted by Crippen LogP contribution is 2.11. The molecule has 14 heavy (non-hydrogen) atoms. The van der Waals surface area contributed by atoms with Crippen LogP contribution in [0.2, 0.25) is 0 Å². The number of carbonyl (C=O) groups is 2. The predicted octanol–water partition coefficient (Wildman–Crippen LogP) is 0.513. The summed E-state index contributed by atoms with van der Waals surface area (Å²) in [6.07, 6.45) is 0.279. The molecule has 0 aliphatic carbocycles. The summed E-state index contributed by atoms with van der Waals surface area (Å²) >= 11 is 0. The largest absolute Gasteiger partial charge is 0.497 e. The van der Waals surface area contributed by atoms with E-state index in [2.05, 4.69) is 4.84 Å². The molecule has 0 unspecified atom stereocenters. The Balaban J connectivity index is 2.66. The van der Waals surface area contributed by atoms with Crippen molar-refractivity contribution in [3.05, 3.63) is 29.8 Å². The molecule has 0 saturated heterocycles. The number of rotatable bonds is 4. The van der Waals surface area contributed by atoms with Crippen LogP contribution in [0.4, 0.5) is 0 Å². The topological polar surface area (TPSA) is 64.6 Å². The summed E-state index contributed by atoms with van der Waals surface area (Å²) < 4.78 is 4.91. The van der Waals surface area contributed by atoms with Crippen molar-refractivity contribution < 1.29 is 19.2 Å². The van der Waals surface area contributed by atoms with Crippen LogP contribution in [0, 0.1) is 0 Å². The lowest BCUT2D eigenvalue weighted by atomic mass is 10.2. The zero-order chi connectivity index (χ0) is 10.4. The summed E-state index contributed by atoms with van der Waals surface area (Å²) in [5.74, 6) is 0.0182. The molecule has 0 saturated carbocycles. The first kappa shape index (κ1) is 10.0. The van der Waals surface area contributed by atoms with E-state index < -0.39 is 5.97 Å². The van der Waals surface area contributed by atoms with Gasteiger partial charge in [-0.15, -0.1) is 0 Å². The third kappa shape index (κ3) is 2.48. The van der Waals surface area contributed by atoms with Gasteiger partial charge in [-0.1, -0.05) is 0 Å². The molecule has 5 heteroatoms. The van der Waals surface area contributed by atoms with Crippen LogP contribution in [0.25, 0.3) is 0 Å². The van der Waals surface area contributed by atoms with Crippen molar-refractivity contribution in [1.29, 1.82) is 0 Å². The minimum atomic E-state index is -0.625. The second-order valence-electron chi connectivity index (χ2n) is 2.35. The van der Waals surface area contributed by atoms with E-state index in [1.807, 2.05) is 5.48 Å². The fraction of sp³-hybridized carbons (Fsp3) is 0.111. The van der Waals surface area contributed by atoms with Crippen molar-refractivity contribution in [2.45, 2.75) is 0 Å². The molecule has 0 fully saturated rings. The quantitative estimate of drug-likeness (QED) is 0.561. The second-order valence-corrected chi connectivity index (χ2v) is 2.35. The third-order valence-corrected chi connectivity index (χ3v) is 1.53. The minimum absolute atomic E-state index is 0.279. The summed E-state index contributed by atoms with van der Waals surface area (Å²) in [5.41, 5.74) is 2.15. The van der Waals surface area contributed by atoms with Crippen LogP contribution in [0.5, 0.6) is 5.75 Å². The van der Waals surface area contributed by atoms with Crippen LogP contribution in [0.15, 0.2) is 24.3 Å². The Bertz CT molecular complexity index is 320. The van der Waals surface area contributed by atoms with Gasteiger partial charge in [0.25, 0.3) is 0 Å². The Morgan fingerprint density at radius 3 is 2.50 bits per heavy atom. The monoisotopic (exact) mass is 195 g/mol. The maximum Gasteiger partial charge on any atom is 0.362 e. The predicted molar refractivity (Wildman–Crippen MR) is 47.6 cm³/mol. The van der Waals surface area contributed by atoms with E-state index in [1.165, 1.54) is 19.2 Å². The van der Waals surface area contributed by atoms with Crippen molar-refractivity contribution in [1.82, 2.24) is 5.48 Å². The fourth-order valence-electron chi connectivity index (χ4n) is 0.864. The van der Waals surface area contributed by atoms with Gasteiger partial charge in [0.15, 0.2) is 0 Å². The van der Waals surface area contributed by atoms with Crippen LogP contribution in [-0.2, 0) is 9.63 Å². The van der Waals surface area contributed by atoms with Crippen LogP contribution in [0.3, 0.4) is 0 Å². The van der Waals surface area contributed by atoms with E-state index in [9.17, 15) is 9.59 Å². The molecule has 5 nitrogen and oxygen atoms in total. The number of hydrogen-bond donors (Lipinski definition) is 1. The van der Waals surface area contributed by atoms with E-state index in [1.54, 1.807) is 12.1 Å². The number of carbonyl (C=O) groups excluding carboxylic acids is 2. The van der Waals surface area contributed by atoms with Gasteiger partial charge in [0.1, 0.15) is 5.75 Å². The summed E-state index contributed by atoms with van der Waals surface area (Å²) in [6, 6.07) is 6.32. The van der Waals surface area contributed by atoms with Crippen LogP contribution in [0.1, 0.15) is 10.4 Å². The Morgan fingerprint density at radius 2 is 2.00 bits per heavy atom. The van der Waals surface area contributed by atoms with Gasteiger partial charge in [-0.2, -0.15) is 5.48 Å². The molecule has 1 N–H and O–H groups in total. The van der Waals surface area contributed by atoms with Gasteiger partial charge in [-0.25, -0.2) is 4.79 Å². The molecule has 0 aliphatic rings. The Labute approximate surface area is 80.6 Å². The summed E-state index contributed by atoms with van der Waals surface area (Å²) in [6.45, 7) is 0. The molecular weight excluding hydrogens is 186 g/mol. The molecule has 1 rings (SSSR count). The lowest BCUT2D eigenvalue weighted by molar-refractivity contribution is -0.117. The highest BCUT2D eigenvalue weighted by atomic mass is 16.7. The van der Waals surface area contributed by atoms with Crippen LogP contribution < -0.4 is 10.2 Å². The van der Waals surface area contributed by atoms with Gasteiger partial charge >= 0.3 is 5.97 Å². The second kappa shape index (κ2) is 4.86. The number of ether oxygens (including phenoxy) is 1. The highest BCUT2D eigenvalue weighted by molar-refractivity contribution is 5.89. The molecule has 1 amide bonds. The molecular formula is C9H9NO4. The third-order valence-electron chi connectivity index (χ3n) is 1.53. The summed E-state index contributed by atoms with van der Waals surface area (Å²) in [4.78, 5) is 25.3. The van der Waals surface area contributed by atoms with E-state index in [0.717, 1.165) is 0 Å². The van der Waals surface area contributed by atoms with Crippen molar-refractivity contribution >= 4 is 12.4 Å². The van der Waals surface area contributed by atoms with E-state index in [0.29, 0.717) is 11.3 Å². The van der Waals surface area contributed by atoms with Gasteiger partial charge in [0, 0.05) is 0 Å². The number of hydrogen-bond acceptors (Lipinski definition) is 4. The van der Waals surface area contributed by atoms with E-state index in [4.69, 9.17) is 4.74 Å². The molecule has 0 heterocycles. The zero-order valence-electron chi connectivity index (χ0n) is 7.52. The highest BCUT2D eigenvalue weighted by Gasteiger charge is 2.06. The average Bonchev–Trinajstić information content (AvgIpc) is 2.26. The normalized spacial score (nSPS) is 8.93. The molecule has 74 valence electrons. The smallest absolute Gasteiger partial charge is 0.362 e. The van der Waals surface area contributed by atoms with Gasteiger partial charge in [0.2, 0.25) is 6.41 Å². The van der Waals surface area contributed by atoms with Crippen molar-refractivity contribution in [3.63, 3.8) is 0 Å². The van der Waals surface area contributed by atoms with Gasteiger partial charge < -0.3 is 9.57 Å². The molecule has 0 atom stereocenters. The van der Waals surface area contributed by atoms with Gasteiger partial charge in [-0.3, -0.25) is 4.79 Å². The maximum absolute atomic E-state index is 11.1. The SMILES string of the molecule is COc1ccc(C(=O)ONC=O)cc1. The summed E-state index contributed by atoms with van der Waals surface area (Å²) in [5, 5.41) is 0. The number of nitrogens with one attached hydrogen (secondary N) is 1. The molecule has 1 aromatic carbocycles. The van der Waals surface area contributed by atoms with Gasteiger partial charge in [-0.05, 0) is 24.3 Å². The van der Waals surface area contributed by atoms with Crippen molar-refractivity contribution in [2.24, 2.45) is 0 Å². The molecule has 0 radical (unpaired) electrons. The molecule has 0 aliphatic heterocycles. The van der Waals surface area contributed by atoms with Crippen LogP contribution >= 0.6 is 0 Å².